The normalized spacial score (nSPS) is 11.4. The van der Waals surface area contributed by atoms with E-state index in [9.17, 15) is 4.79 Å². The van der Waals surface area contributed by atoms with Crippen LogP contribution >= 0.6 is 46.1 Å². The number of aryl methyl sites for hydroxylation is 1. The topological polar surface area (TPSA) is 55.1 Å². The van der Waals surface area contributed by atoms with Crippen LogP contribution in [-0.2, 0) is 0 Å². The minimum absolute atomic E-state index is 0.285. The number of rotatable bonds is 3. The summed E-state index contributed by atoms with van der Waals surface area (Å²) in [7, 11) is 0. The van der Waals surface area contributed by atoms with Crippen LogP contribution in [0, 0.1) is 6.92 Å². The quantitative estimate of drug-likeness (QED) is 0.279. The molecule has 2 heterocycles. The maximum Gasteiger partial charge on any atom is 0.267 e. The van der Waals surface area contributed by atoms with Crippen LogP contribution in [0.4, 0.5) is 5.69 Å². The van der Waals surface area contributed by atoms with E-state index in [1.165, 1.54) is 11.3 Å². The summed E-state index contributed by atoms with van der Waals surface area (Å²) in [5, 5.41) is 5.36. The Kier molecular flexibility index (Phi) is 5.15. The number of oxazole rings is 1. The second-order valence-electron chi connectivity index (χ2n) is 7.00. The number of carbonyl (C=O) groups excluding carboxylic acids is 1. The maximum absolute atomic E-state index is 13.0. The second kappa shape index (κ2) is 7.84. The highest BCUT2D eigenvalue weighted by atomic mass is 35.5. The SMILES string of the molecule is Cc1ccc(-c2nc3cc(Cl)ccc3o2)cc1NC(=O)c1sc2cc(Cl)ccc2c1Cl. The van der Waals surface area contributed by atoms with Gasteiger partial charge in [-0.1, -0.05) is 46.9 Å². The molecule has 0 bridgehead atoms. The Labute approximate surface area is 196 Å². The third kappa shape index (κ3) is 3.79. The molecule has 0 saturated carbocycles. The molecule has 0 aliphatic carbocycles. The average Bonchev–Trinajstić information content (AvgIpc) is 3.30. The fraction of sp³-hybridized carbons (Fsp3) is 0.0435. The Morgan fingerprint density at radius 3 is 2.61 bits per heavy atom. The lowest BCUT2D eigenvalue weighted by atomic mass is 10.1. The van der Waals surface area contributed by atoms with Crippen LogP contribution in [-0.4, -0.2) is 10.9 Å². The molecule has 31 heavy (non-hydrogen) atoms. The molecule has 1 amide bonds. The molecule has 2 aromatic heterocycles. The highest BCUT2D eigenvalue weighted by Crippen LogP contribution is 2.37. The van der Waals surface area contributed by atoms with Crippen LogP contribution in [0.1, 0.15) is 15.2 Å². The van der Waals surface area contributed by atoms with Crippen LogP contribution in [0.2, 0.25) is 15.1 Å². The van der Waals surface area contributed by atoms with Gasteiger partial charge in [0.05, 0.1) is 5.02 Å². The van der Waals surface area contributed by atoms with Crippen molar-refractivity contribution in [3.63, 3.8) is 0 Å². The lowest BCUT2D eigenvalue weighted by molar-refractivity contribution is 0.103. The number of anilines is 1. The lowest BCUT2D eigenvalue weighted by Gasteiger charge is -2.09. The molecule has 0 unspecified atom stereocenters. The third-order valence-corrected chi connectivity index (χ3v) is 7.01. The van der Waals surface area contributed by atoms with Gasteiger partial charge in [0, 0.05) is 31.4 Å². The average molecular weight is 488 g/mol. The molecule has 0 saturated heterocycles. The first-order valence-electron chi connectivity index (χ1n) is 9.25. The lowest BCUT2D eigenvalue weighted by Crippen LogP contribution is -2.11. The first-order chi connectivity index (χ1) is 14.9. The Morgan fingerprint density at radius 1 is 1.00 bits per heavy atom. The van der Waals surface area contributed by atoms with Crippen molar-refractivity contribution in [3.05, 3.63) is 80.1 Å². The van der Waals surface area contributed by atoms with Crippen molar-refractivity contribution in [2.45, 2.75) is 6.92 Å². The predicted molar refractivity (Wildman–Crippen MR) is 129 cm³/mol. The van der Waals surface area contributed by atoms with Gasteiger partial charge in [0.15, 0.2) is 5.58 Å². The van der Waals surface area contributed by atoms with Gasteiger partial charge >= 0.3 is 0 Å². The Morgan fingerprint density at radius 2 is 1.77 bits per heavy atom. The zero-order chi connectivity index (χ0) is 21.7. The van der Waals surface area contributed by atoms with E-state index in [1.807, 2.05) is 31.2 Å². The number of hydrogen-bond donors (Lipinski definition) is 1. The van der Waals surface area contributed by atoms with E-state index in [4.69, 9.17) is 39.2 Å². The summed E-state index contributed by atoms with van der Waals surface area (Å²) >= 11 is 19.9. The molecule has 5 rings (SSSR count). The van der Waals surface area contributed by atoms with Crippen molar-refractivity contribution < 1.29 is 9.21 Å². The number of nitrogens with one attached hydrogen (secondary N) is 1. The summed E-state index contributed by atoms with van der Waals surface area (Å²) in [5.74, 6) is 0.161. The zero-order valence-electron chi connectivity index (χ0n) is 16.0. The summed E-state index contributed by atoms with van der Waals surface area (Å²) in [6.07, 6.45) is 0. The molecule has 5 aromatic rings. The van der Waals surface area contributed by atoms with Gasteiger partial charge in [-0.25, -0.2) is 4.98 Å². The zero-order valence-corrected chi connectivity index (χ0v) is 19.1. The van der Waals surface area contributed by atoms with E-state index in [2.05, 4.69) is 10.3 Å². The number of carbonyl (C=O) groups is 1. The van der Waals surface area contributed by atoms with Gasteiger partial charge in [-0.2, -0.15) is 0 Å². The molecule has 0 radical (unpaired) electrons. The van der Waals surface area contributed by atoms with Gasteiger partial charge in [-0.15, -0.1) is 11.3 Å². The van der Waals surface area contributed by atoms with Crippen molar-refractivity contribution in [2.24, 2.45) is 0 Å². The van der Waals surface area contributed by atoms with Crippen LogP contribution in [0.3, 0.4) is 0 Å². The Hall–Kier alpha value is -2.57. The standard InChI is InChI=1S/C23H13Cl3N2O2S/c1-11-2-3-12(23-28-17-9-13(24)5-7-18(17)30-23)8-16(11)27-22(29)21-20(26)15-6-4-14(25)10-19(15)31-21/h2-10H,1H3,(H,27,29). The first kappa shape index (κ1) is 20.3. The first-order valence-corrected chi connectivity index (χ1v) is 11.2. The van der Waals surface area contributed by atoms with E-state index >= 15 is 0 Å². The Bertz CT molecular complexity index is 1490. The van der Waals surface area contributed by atoms with Gasteiger partial charge in [-0.05, 0) is 55.0 Å². The highest BCUT2D eigenvalue weighted by Gasteiger charge is 2.19. The molecule has 4 nitrogen and oxygen atoms in total. The minimum atomic E-state index is -0.285. The number of fused-ring (bicyclic) bond motifs is 2. The molecule has 1 N–H and O–H groups in total. The van der Waals surface area contributed by atoms with Crippen LogP contribution in [0.25, 0.3) is 32.6 Å². The fourth-order valence-corrected chi connectivity index (χ4v) is 5.13. The number of halogens is 3. The fourth-order valence-electron chi connectivity index (χ4n) is 3.28. The highest BCUT2D eigenvalue weighted by molar-refractivity contribution is 7.21. The van der Waals surface area contributed by atoms with Crippen molar-refractivity contribution in [2.75, 3.05) is 5.32 Å². The van der Waals surface area contributed by atoms with Gasteiger partial charge in [0.2, 0.25) is 5.89 Å². The molecular formula is C23H13Cl3N2O2S. The number of nitrogens with zero attached hydrogens (tertiary/aromatic N) is 1. The predicted octanol–water partition coefficient (Wildman–Crippen LogP) is 8.23. The monoisotopic (exact) mass is 486 g/mol. The smallest absolute Gasteiger partial charge is 0.267 e. The molecule has 0 fully saturated rings. The van der Waals surface area contributed by atoms with Crippen molar-refractivity contribution in [3.8, 4) is 11.5 Å². The number of benzene rings is 3. The van der Waals surface area contributed by atoms with Gasteiger partial charge in [0.1, 0.15) is 10.4 Å². The molecule has 154 valence electrons. The van der Waals surface area contributed by atoms with Crippen molar-refractivity contribution >= 4 is 78.9 Å². The molecule has 0 aliphatic rings. The van der Waals surface area contributed by atoms with Crippen LogP contribution < -0.4 is 5.32 Å². The van der Waals surface area contributed by atoms with E-state index < -0.39 is 0 Å². The molecular weight excluding hydrogens is 475 g/mol. The third-order valence-electron chi connectivity index (χ3n) is 4.88. The Balaban J connectivity index is 1.49. The number of aromatic nitrogens is 1. The minimum Gasteiger partial charge on any atom is -0.436 e. The summed E-state index contributed by atoms with van der Waals surface area (Å²) in [4.78, 5) is 17.9. The second-order valence-corrected chi connectivity index (χ2v) is 9.30. The van der Waals surface area contributed by atoms with Gasteiger partial charge in [0.25, 0.3) is 5.91 Å². The van der Waals surface area contributed by atoms with Crippen molar-refractivity contribution in [1.82, 2.24) is 4.98 Å². The summed E-state index contributed by atoms with van der Waals surface area (Å²) in [5.41, 5.74) is 3.60. The molecule has 8 heteroatoms. The molecule has 0 aliphatic heterocycles. The largest absolute Gasteiger partial charge is 0.436 e. The van der Waals surface area contributed by atoms with Crippen LogP contribution in [0.15, 0.2) is 59.0 Å². The summed E-state index contributed by atoms with van der Waals surface area (Å²) in [6.45, 7) is 1.91. The van der Waals surface area contributed by atoms with Gasteiger partial charge in [-0.3, -0.25) is 4.79 Å². The number of thiophene rings is 1. The summed E-state index contributed by atoms with van der Waals surface area (Å²) in [6, 6.07) is 16.3. The van der Waals surface area contributed by atoms with E-state index in [-0.39, 0.29) is 5.91 Å². The summed E-state index contributed by atoms with van der Waals surface area (Å²) < 4.78 is 6.71. The van der Waals surface area contributed by atoms with E-state index in [1.54, 1.807) is 30.3 Å². The number of amides is 1. The van der Waals surface area contributed by atoms with Crippen molar-refractivity contribution in [1.29, 1.82) is 0 Å². The maximum atomic E-state index is 13.0. The molecule has 0 atom stereocenters. The van der Waals surface area contributed by atoms with E-state index in [0.29, 0.717) is 42.6 Å². The van der Waals surface area contributed by atoms with Crippen LogP contribution in [0.5, 0.6) is 0 Å². The molecule has 3 aromatic carbocycles. The van der Waals surface area contributed by atoms with E-state index in [0.717, 1.165) is 21.2 Å². The number of hydrogen-bond acceptors (Lipinski definition) is 4. The van der Waals surface area contributed by atoms with Gasteiger partial charge < -0.3 is 9.73 Å². The molecule has 0 spiro atoms.